The summed E-state index contributed by atoms with van der Waals surface area (Å²) in [4.78, 5) is 12.4. The van der Waals surface area contributed by atoms with Gasteiger partial charge in [0, 0.05) is 11.6 Å². The second-order valence-electron chi connectivity index (χ2n) is 4.35. The van der Waals surface area contributed by atoms with Crippen molar-refractivity contribution in [1.82, 2.24) is 9.03 Å². The average Bonchev–Trinajstić information content (AvgIpc) is 2.73. The van der Waals surface area contributed by atoms with Crippen LogP contribution in [0, 0.1) is 0 Å². The lowest BCUT2D eigenvalue weighted by Gasteiger charge is -2.03. The minimum Gasteiger partial charge on any atom is -0.267 e. The Hall–Kier alpha value is -2.55. The number of fused-ring (bicyclic) bond motifs is 5. The minimum absolute atomic E-state index is 0.0300. The second-order valence-corrected chi connectivity index (χ2v) is 4.35. The highest BCUT2D eigenvalue weighted by Gasteiger charge is 2.09. The molecule has 3 heteroatoms. The normalized spacial score (nSPS) is 11.6. The molecule has 0 spiro atoms. The highest BCUT2D eigenvalue weighted by molar-refractivity contribution is 5.83. The molecule has 4 aromatic rings. The average molecular weight is 234 g/mol. The number of benzene rings is 2. The standard InChI is InChI=1S/C15H10N2O/c18-15-12-6-2-4-8-14(12)16-10-9-11-5-1-3-7-13(11)17(15)16/h1-10H. The number of nitrogens with zero attached hydrogens (tertiary/aromatic N) is 2. The molecular weight excluding hydrogens is 224 g/mol. The van der Waals surface area contributed by atoms with Crippen molar-refractivity contribution in [3.63, 3.8) is 0 Å². The molecule has 0 atom stereocenters. The molecule has 0 amide bonds. The summed E-state index contributed by atoms with van der Waals surface area (Å²) in [5, 5.41) is 1.81. The van der Waals surface area contributed by atoms with Crippen LogP contribution in [0.5, 0.6) is 0 Å². The third kappa shape index (κ3) is 1.06. The van der Waals surface area contributed by atoms with Crippen LogP contribution < -0.4 is 5.56 Å². The van der Waals surface area contributed by atoms with Crippen LogP contribution in [0.25, 0.3) is 21.8 Å². The van der Waals surface area contributed by atoms with Crippen LogP contribution in [0.2, 0.25) is 0 Å². The summed E-state index contributed by atoms with van der Waals surface area (Å²) in [6.45, 7) is 0. The van der Waals surface area contributed by atoms with Gasteiger partial charge in [-0.15, -0.1) is 0 Å². The van der Waals surface area contributed by atoms with Crippen LogP contribution in [-0.2, 0) is 0 Å². The number of hydrogen-bond acceptors (Lipinski definition) is 1. The van der Waals surface area contributed by atoms with Crippen LogP contribution in [-0.4, -0.2) is 9.03 Å². The highest BCUT2D eigenvalue weighted by atomic mass is 16.1. The van der Waals surface area contributed by atoms with Crippen molar-refractivity contribution in [2.45, 2.75) is 0 Å². The van der Waals surface area contributed by atoms with E-state index in [-0.39, 0.29) is 5.56 Å². The van der Waals surface area contributed by atoms with E-state index in [0.717, 1.165) is 21.8 Å². The molecule has 0 aliphatic carbocycles. The summed E-state index contributed by atoms with van der Waals surface area (Å²) in [6.07, 6.45) is 1.94. The van der Waals surface area contributed by atoms with Gasteiger partial charge >= 0.3 is 0 Å². The van der Waals surface area contributed by atoms with E-state index in [0.29, 0.717) is 0 Å². The molecule has 2 aromatic heterocycles. The number of hydrogen-bond donors (Lipinski definition) is 0. The van der Waals surface area contributed by atoms with Crippen molar-refractivity contribution in [2.24, 2.45) is 0 Å². The Morgan fingerprint density at radius 1 is 0.778 bits per heavy atom. The van der Waals surface area contributed by atoms with Gasteiger partial charge in [0.15, 0.2) is 0 Å². The lowest BCUT2D eigenvalue weighted by Crippen LogP contribution is -2.11. The van der Waals surface area contributed by atoms with Gasteiger partial charge in [0.2, 0.25) is 0 Å². The summed E-state index contributed by atoms with van der Waals surface area (Å²) in [6, 6.07) is 17.6. The van der Waals surface area contributed by atoms with E-state index < -0.39 is 0 Å². The third-order valence-electron chi connectivity index (χ3n) is 3.35. The third-order valence-corrected chi connectivity index (χ3v) is 3.35. The zero-order chi connectivity index (χ0) is 12.1. The van der Waals surface area contributed by atoms with Gasteiger partial charge in [0.05, 0.1) is 16.4 Å². The molecule has 0 saturated heterocycles. The first-order chi connectivity index (χ1) is 8.86. The molecular formula is C15H10N2O. The van der Waals surface area contributed by atoms with Gasteiger partial charge < -0.3 is 0 Å². The first-order valence-corrected chi connectivity index (χ1v) is 5.86. The summed E-state index contributed by atoms with van der Waals surface area (Å²) in [7, 11) is 0. The zero-order valence-corrected chi connectivity index (χ0v) is 9.58. The molecule has 2 heterocycles. The molecule has 0 N–H and O–H groups in total. The quantitative estimate of drug-likeness (QED) is 0.459. The molecule has 0 saturated carbocycles. The van der Waals surface area contributed by atoms with Gasteiger partial charge in [-0.2, -0.15) is 0 Å². The van der Waals surface area contributed by atoms with Crippen molar-refractivity contribution in [1.29, 1.82) is 0 Å². The predicted molar refractivity (Wildman–Crippen MR) is 72.1 cm³/mol. The van der Waals surface area contributed by atoms with E-state index >= 15 is 0 Å². The topological polar surface area (TPSA) is 25.9 Å². The Bertz CT molecular complexity index is 947. The fourth-order valence-electron chi connectivity index (χ4n) is 2.52. The van der Waals surface area contributed by atoms with Crippen molar-refractivity contribution >= 4 is 21.8 Å². The van der Waals surface area contributed by atoms with Crippen molar-refractivity contribution in [3.05, 3.63) is 71.1 Å². The second kappa shape index (κ2) is 3.23. The first-order valence-electron chi connectivity index (χ1n) is 5.86. The van der Waals surface area contributed by atoms with Gasteiger partial charge in [-0.05, 0) is 24.3 Å². The SMILES string of the molecule is O=c1c2ccccc2n2ccc3ccccc3n12. The number of aromatic nitrogens is 2. The van der Waals surface area contributed by atoms with Gasteiger partial charge in [0.25, 0.3) is 5.56 Å². The van der Waals surface area contributed by atoms with E-state index in [9.17, 15) is 4.79 Å². The highest BCUT2D eigenvalue weighted by Crippen LogP contribution is 2.16. The van der Waals surface area contributed by atoms with E-state index in [4.69, 9.17) is 0 Å². The van der Waals surface area contributed by atoms with Gasteiger partial charge in [-0.25, -0.2) is 4.52 Å². The molecule has 86 valence electrons. The molecule has 0 radical (unpaired) electrons. The van der Waals surface area contributed by atoms with Crippen molar-refractivity contribution in [2.75, 3.05) is 0 Å². The van der Waals surface area contributed by atoms with Crippen LogP contribution in [0.1, 0.15) is 0 Å². The van der Waals surface area contributed by atoms with E-state index in [2.05, 4.69) is 0 Å². The van der Waals surface area contributed by atoms with Crippen molar-refractivity contribution in [3.8, 4) is 0 Å². The maximum Gasteiger partial charge on any atom is 0.279 e. The Kier molecular flexibility index (Phi) is 1.70. The lowest BCUT2D eigenvalue weighted by molar-refractivity contribution is 0.847. The monoisotopic (exact) mass is 234 g/mol. The largest absolute Gasteiger partial charge is 0.279 e. The molecule has 0 unspecified atom stereocenters. The van der Waals surface area contributed by atoms with Crippen LogP contribution >= 0.6 is 0 Å². The zero-order valence-electron chi connectivity index (χ0n) is 9.58. The van der Waals surface area contributed by atoms with E-state index in [1.54, 1.807) is 4.52 Å². The molecule has 0 bridgehead atoms. The maximum atomic E-state index is 12.4. The Balaban J connectivity index is 2.44. The van der Waals surface area contributed by atoms with E-state index in [1.165, 1.54) is 0 Å². The molecule has 0 aliphatic rings. The minimum atomic E-state index is 0.0300. The van der Waals surface area contributed by atoms with Crippen LogP contribution in [0.4, 0.5) is 0 Å². The van der Waals surface area contributed by atoms with Gasteiger partial charge in [0.1, 0.15) is 0 Å². The first kappa shape index (κ1) is 9.48. The molecule has 4 rings (SSSR count). The fraction of sp³-hybridized carbons (Fsp3) is 0. The molecule has 2 aromatic carbocycles. The molecule has 3 nitrogen and oxygen atoms in total. The summed E-state index contributed by atoms with van der Waals surface area (Å²) < 4.78 is 3.62. The summed E-state index contributed by atoms with van der Waals surface area (Å²) in [5.41, 5.74) is 1.90. The Labute approximate surface area is 102 Å². The van der Waals surface area contributed by atoms with Gasteiger partial charge in [-0.1, -0.05) is 30.3 Å². The Morgan fingerprint density at radius 2 is 1.50 bits per heavy atom. The molecule has 18 heavy (non-hydrogen) atoms. The summed E-state index contributed by atoms with van der Waals surface area (Å²) >= 11 is 0. The molecule has 0 aliphatic heterocycles. The van der Waals surface area contributed by atoms with Crippen molar-refractivity contribution < 1.29 is 0 Å². The predicted octanol–water partition coefficient (Wildman–Crippen LogP) is 2.71. The number of rotatable bonds is 0. The number of para-hydroxylation sites is 2. The van der Waals surface area contributed by atoms with Crippen LogP contribution in [0.3, 0.4) is 0 Å². The van der Waals surface area contributed by atoms with Gasteiger partial charge in [-0.3, -0.25) is 9.31 Å². The molecule has 0 fully saturated rings. The smallest absolute Gasteiger partial charge is 0.267 e. The Morgan fingerprint density at radius 3 is 2.39 bits per heavy atom. The van der Waals surface area contributed by atoms with E-state index in [1.807, 2.05) is 65.3 Å². The summed E-state index contributed by atoms with van der Waals surface area (Å²) in [5.74, 6) is 0. The van der Waals surface area contributed by atoms with Crippen LogP contribution in [0.15, 0.2) is 65.6 Å². The fourth-order valence-corrected chi connectivity index (χ4v) is 2.52. The maximum absolute atomic E-state index is 12.4. The lowest BCUT2D eigenvalue weighted by atomic mass is 10.2.